The molecule has 2 N–H and O–H groups in total. The average Bonchev–Trinajstić information content (AvgIpc) is 3.07. The molecule has 1 fully saturated rings. The molecule has 8 heteroatoms. The summed E-state index contributed by atoms with van der Waals surface area (Å²) < 4.78 is 5.87. The van der Waals surface area contributed by atoms with Gasteiger partial charge in [-0.15, -0.1) is 24.0 Å². The number of benzene rings is 1. The molecule has 0 saturated carbocycles. The second-order valence-electron chi connectivity index (χ2n) is 7.17. The quantitative estimate of drug-likeness (QED) is 0.327. The standard InChI is InChI=1S/C20H31ClN4O2.HI/c1-5-22-20(24-17-9-10-25(13-17)19(26)14(2)3)23-12-15(4)27-18-8-6-7-16(21)11-18;/h6-8,11,14-15,17H,5,9-10,12-13H2,1-4H3,(H2,22,23,24);1H. The molecule has 0 spiro atoms. The molecule has 1 amide bonds. The number of halogens is 2. The van der Waals surface area contributed by atoms with Crippen molar-refractivity contribution in [2.45, 2.75) is 46.3 Å². The SMILES string of the molecule is CCNC(=NCC(C)Oc1cccc(Cl)c1)NC1CCN(C(=O)C(C)C)C1.I. The summed E-state index contributed by atoms with van der Waals surface area (Å²) in [5.74, 6) is 1.74. The lowest BCUT2D eigenvalue weighted by atomic mass is 10.2. The molecule has 2 atom stereocenters. The molecule has 1 aliphatic rings. The molecule has 0 radical (unpaired) electrons. The summed E-state index contributed by atoms with van der Waals surface area (Å²) in [6.45, 7) is 10.7. The monoisotopic (exact) mass is 522 g/mol. The molecule has 0 aromatic heterocycles. The van der Waals surface area contributed by atoms with E-state index < -0.39 is 0 Å². The molecule has 1 aromatic carbocycles. The van der Waals surface area contributed by atoms with E-state index in [1.807, 2.05) is 50.8 Å². The van der Waals surface area contributed by atoms with Crippen LogP contribution in [0, 0.1) is 5.92 Å². The first-order valence-corrected chi connectivity index (χ1v) is 10.0. The number of hydrogen-bond acceptors (Lipinski definition) is 3. The zero-order chi connectivity index (χ0) is 19.8. The summed E-state index contributed by atoms with van der Waals surface area (Å²) in [4.78, 5) is 18.7. The number of aliphatic imine (C=N–C) groups is 1. The van der Waals surface area contributed by atoms with Gasteiger partial charge in [-0.25, -0.2) is 4.99 Å². The van der Waals surface area contributed by atoms with E-state index in [2.05, 4.69) is 15.6 Å². The molecule has 158 valence electrons. The number of likely N-dealkylation sites (tertiary alicyclic amines) is 1. The van der Waals surface area contributed by atoms with Crippen molar-refractivity contribution in [2.24, 2.45) is 10.9 Å². The first-order chi connectivity index (χ1) is 12.9. The fourth-order valence-electron chi connectivity index (χ4n) is 2.99. The zero-order valence-electron chi connectivity index (χ0n) is 17.1. The topological polar surface area (TPSA) is 66.0 Å². The normalized spacial score (nSPS) is 17.9. The third-order valence-electron chi connectivity index (χ3n) is 4.32. The van der Waals surface area contributed by atoms with E-state index in [1.165, 1.54) is 0 Å². The summed E-state index contributed by atoms with van der Waals surface area (Å²) in [6.07, 6.45) is 0.846. The number of carbonyl (C=O) groups is 1. The predicted molar refractivity (Wildman–Crippen MR) is 126 cm³/mol. The van der Waals surface area contributed by atoms with Crippen molar-refractivity contribution in [1.82, 2.24) is 15.5 Å². The van der Waals surface area contributed by atoms with Gasteiger partial charge in [0.15, 0.2) is 5.96 Å². The van der Waals surface area contributed by atoms with E-state index in [-0.39, 0.29) is 47.9 Å². The van der Waals surface area contributed by atoms with E-state index in [1.54, 1.807) is 6.07 Å². The molecule has 1 aliphatic heterocycles. The van der Waals surface area contributed by atoms with Crippen molar-refractivity contribution >= 4 is 47.4 Å². The fraction of sp³-hybridized carbons (Fsp3) is 0.600. The summed E-state index contributed by atoms with van der Waals surface area (Å²) in [6, 6.07) is 7.58. The van der Waals surface area contributed by atoms with Crippen LogP contribution < -0.4 is 15.4 Å². The largest absolute Gasteiger partial charge is 0.489 e. The minimum absolute atomic E-state index is 0. The lowest BCUT2D eigenvalue weighted by Crippen LogP contribution is -2.45. The third-order valence-corrected chi connectivity index (χ3v) is 4.55. The Bertz CT molecular complexity index is 657. The predicted octanol–water partition coefficient (Wildman–Crippen LogP) is 3.54. The maximum atomic E-state index is 12.1. The van der Waals surface area contributed by atoms with Gasteiger partial charge in [-0.3, -0.25) is 4.79 Å². The van der Waals surface area contributed by atoms with Gasteiger partial charge in [0.2, 0.25) is 5.91 Å². The van der Waals surface area contributed by atoms with Crippen LogP contribution in [0.1, 0.15) is 34.1 Å². The van der Waals surface area contributed by atoms with Gasteiger partial charge in [0.05, 0.1) is 6.54 Å². The molecule has 0 bridgehead atoms. The van der Waals surface area contributed by atoms with Gasteiger partial charge < -0.3 is 20.3 Å². The summed E-state index contributed by atoms with van der Waals surface area (Å²) in [5.41, 5.74) is 0. The van der Waals surface area contributed by atoms with Crippen molar-refractivity contribution in [3.8, 4) is 5.75 Å². The highest BCUT2D eigenvalue weighted by atomic mass is 127. The molecular formula is C20H32ClIN4O2. The van der Waals surface area contributed by atoms with Crippen LogP contribution in [0.2, 0.25) is 5.02 Å². The van der Waals surface area contributed by atoms with E-state index in [9.17, 15) is 4.79 Å². The Hall–Kier alpha value is -1.22. The maximum absolute atomic E-state index is 12.1. The van der Waals surface area contributed by atoms with Crippen LogP contribution >= 0.6 is 35.6 Å². The van der Waals surface area contributed by atoms with E-state index >= 15 is 0 Å². The highest BCUT2D eigenvalue weighted by molar-refractivity contribution is 14.0. The number of carbonyl (C=O) groups excluding carboxylic acids is 1. The third kappa shape index (κ3) is 8.03. The van der Waals surface area contributed by atoms with Crippen LogP contribution in [-0.4, -0.2) is 55.1 Å². The van der Waals surface area contributed by atoms with Crippen molar-refractivity contribution in [3.63, 3.8) is 0 Å². The number of nitrogens with one attached hydrogen (secondary N) is 2. The highest BCUT2D eigenvalue weighted by Gasteiger charge is 2.27. The van der Waals surface area contributed by atoms with Crippen molar-refractivity contribution in [2.75, 3.05) is 26.2 Å². The second kappa shape index (κ2) is 12.4. The number of hydrogen-bond donors (Lipinski definition) is 2. The molecule has 0 aliphatic carbocycles. The Morgan fingerprint density at radius 2 is 2.14 bits per heavy atom. The number of rotatable bonds is 7. The molecule has 2 rings (SSSR count). The van der Waals surface area contributed by atoms with Gasteiger partial charge in [-0.05, 0) is 38.5 Å². The fourth-order valence-corrected chi connectivity index (χ4v) is 3.17. The summed E-state index contributed by atoms with van der Waals surface area (Å²) in [5, 5.41) is 7.35. The molecule has 1 aromatic rings. The van der Waals surface area contributed by atoms with Crippen LogP contribution in [0.3, 0.4) is 0 Å². The average molecular weight is 523 g/mol. The molecule has 28 heavy (non-hydrogen) atoms. The van der Waals surface area contributed by atoms with Gasteiger partial charge in [-0.1, -0.05) is 31.5 Å². The minimum atomic E-state index is -0.0819. The Morgan fingerprint density at radius 3 is 2.79 bits per heavy atom. The van der Waals surface area contributed by atoms with E-state index in [0.717, 1.165) is 37.8 Å². The lowest BCUT2D eigenvalue weighted by molar-refractivity contribution is -0.133. The Kier molecular flexibility index (Phi) is 11.0. The molecule has 6 nitrogen and oxygen atoms in total. The van der Waals surface area contributed by atoms with Gasteiger partial charge in [0, 0.05) is 36.6 Å². The number of amides is 1. The minimum Gasteiger partial charge on any atom is -0.489 e. The van der Waals surface area contributed by atoms with Crippen LogP contribution in [0.25, 0.3) is 0 Å². The summed E-state index contributed by atoms with van der Waals surface area (Å²) in [7, 11) is 0. The first kappa shape index (κ1) is 24.8. The Labute approximate surface area is 190 Å². The van der Waals surface area contributed by atoms with Crippen molar-refractivity contribution in [3.05, 3.63) is 29.3 Å². The molecule has 2 unspecified atom stereocenters. The second-order valence-corrected chi connectivity index (χ2v) is 7.61. The molecule has 1 heterocycles. The number of nitrogens with zero attached hydrogens (tertiary/aromatic N) is 2. The molecule has 1 saturated heterocycles. The van der Waals surface area contributed by atoms with Crippen molar-refractivity contribution in [1.29, 1.82) is 0 Å². The zero-order valence-corrected chi connectivity index (χ0v) is 20.2. The van der Waals surface area contributed by atoms with Gasteiger partial charge in [0.25, 0.3) is 0 Å². The van der Waals surface area contributed by atoms with Gasteiger partial charge >= 0.3 is 0 Å². The summed E-state index contributed by atoms with van der Waals surface area (Å²) >= 11 is 5.99. The van der Waals surface area contributed by atoms with E-state index in [4.69, 9.17) is 16.3 Å². The Balaban J connectivity index is 0.00000392. The Morgan fingerprint density at radius 1 is 1.39 bits per heavy atom. The first-order valence-electron chi connectivity index (χ1n) is 9.65. The molecular weight excluding hydrogens is 491 g/mol. The maximum Gasteiger partial charge on any atom is 0.225 e. The van der Waals surface area contributed by atoms with Crippen LogP contribution in [0.4, 0.5) is 0 Å². The van der Waals surface area contributed by atoms with Crippen molar-refractivity contribution < 1.29 is 9.53 Å². The number of guanidine groups is 1. The van der Waals surface area contributed by atoms with Gasteiger partial charge in [-0.2, -0.15) is 0 Å². The van der Waals surface area contributed by atoms with Gasteiger partial charge in [0.1, 0.15) is 11.9 Å². The van der Waals surface area contributed by atoms with Crippen LogP contribution in [0.15, 0.2) is 29.3 Å². The van der Waals surface area contributed by atoms with Crippen LogP contribution in [0.5, 0.6) is 5.75 Å². The number of ether oxygens (including phenoxy) is 1. The van der Waals surface area contributed by atoms with Crippen LogP contribution in [-0.2, 0) is 4.79 Å². The highest BCUT2D eigenvalue weighted by Crippen LogP contribution is 2.18. The lowest BCUT2D eigenvalue weighted by Gasteiger charge is -2.21. The van der Waals surface area contributed by atoms with E-state index in [0.29, 0.717) is 11.6 Å². The smallest absolute Gasteiger partial charge is 0.225 e.